The van der Waals surface area contributed by atoms with Gasteiger partial charge in [0.1, 0.15) is 0 Å². The fraction of sp³-hybridized carbons (Fsp3) is 1.00. The van der Waals surface area contributed by atoms with Gasteiger partial charge in [-0.1, -0.05) is 53.4 Å². The van der Waals surface area contributed by atoms with Gasteiger partial charge in [-0.15, -0.1) is 0 Å². The van der Waals surface area contributed by atoms with Crippen molar-refractivity contribution < 1.29 is 4.74 Å². The van der Waals surface area contributed by atoms with E-state index in [-0.39, 0.29) is 0 Å². The predicted octanol–water partition coefficient (Wildman–Crippen LogP) is 5.82. The summed E-state index contributed by atoms with van der Waals surface area (Å²) in [6, 6.07) is 0. The number of unbranched alkanes of at least 4 members (excludes halogenated alkanes) is 1. The van der Waals surface area contributed by atoms with Gasteiger partial charge in [-0.3, -0.25) is 0 Å². The minimum atomic E-state index is 0.484. The van der Waals surface area contributed by atoms with Crippen LogP contribution in [0, 0.1) is 22.7 Å². The normalized spacial score (nSPS) is 41.9. The average Bonchev–Trinajstić information content (AvgIpc) is 2.43. The van der Waals surface area contributed by atoms with Gasteiger partial charge in [0.05, 0.1) is 6.10 Å². The summed E-state index contributed by atoms with van der Waals surface area (Å²) in [5.41, 5.74) is 1.04. The topological polar surface area (TPSA) is 9.23 Å². The molecule has 3 aliphatic rings. The Morgan fingerprint density at radius 2 is 1.85 bits per heavy atom. The van der Waals surface area contributed by atoms with Gasteiger partial charge in [0.2, 0.25) is 0 Å². The number of hydrogen-bond donors (Lipinski definition) is 0. The van der Waals surface area contributed by atoms with Crippen molar-refractivity contribution in [3.63, 3.8) is 0 Å². The van der Waals surface area contributed by atoms with Gasteiger partial charge in [0, 0.05) is 12.5 Å². The summed E-state index contributed by atoms with van der Waals surface area (Å²) in [7, 11) is 1.96. The van der Waals surface area contributed by atoms with Crippen LogP contribution in [-0.4, -0.2) is 13.2 Å². The molecule has 0 radical (unpaired) electrons. The Labute approximate surface area is 126 Å². The Hall–Kier alpha value is -0.0400. The molecule has 0 N–H and O–H groups in total. The van der Waals surface area contributed by atoms with Gasteiger partial charge >= 0.3 is 0 Å². The Morgan fingerprint density at radius 1 is 1.10 bits per heavy atom. The fourth-order valence-corrected chi connectivity index (χ4v) is 5.75. The second kappa shape index (κ2) is 6.38. The second-order valence-corrected chi connectivity index (χ2v) is 8.08. The van der Waals surface area contributed by atoms with Crippen molar-refractivity contribution in [1.29, 1.82) is 0 Å². The Kier molecular flexibility index (Phi) is 5.21. The number of methoxy groups -OCH3 is 1. The average molecular weight is 280 g/mol. The fourth-order valence-electron chi connectivity index (χ4n) is 5.75. The molecule has 0 spiro atoms. The van der Waals surface area contributed by atoms with Crippen molar-refractivity contribution in [3.8, 4) is 0 Å². The first kappa shape index (κ1) is 16.3. The maximum Gasteiger partial charge on any atom is 0.0637 e. The highest BCUT2D eigenvalue weighted by Crippen LogP contribution is 2.64. The third kappa shape index (κ3) is 2.67. The smallest absolute Gasteiger partial charge is 0.0637 e. The molecule has 0 heterocycles. The molecule has 3 rings (SSSR count). The third-order valence-corrected chi connectivity index (χ3v) is 6.74. The molecule has 0 aromatic rings. The van der Waals surface area contributed by atoms with Crippen LogP contribution in [0.25, 0.3) is 0 Å². The van der Waals surface area contributed by atoms with Crippen molar-refractivity contribution in [3.05, 3.63) is 0 Å². The number of ether oxygens (including phenoxy) is 1. The lowest BCUT2D eigenvalue weighted by Crippen LogP contribution is -2.58. The van der Waals surface area contributed by atoms with E-state index in [9.17, 15) is 0 Å². The zero-order valence-corrected chi connectivity index (χ0v) is 14.5. The van der Waals surface area contributed by atoms with Crippen LogP contribution in [-0.2, 0) is 4.74 Å². The largest absolute Gasteiger partial charge is 0.381 e. The van der Waals surface area contributed by atoms with E-state index in [4.69, 9.17) is 4.74 Å². The van der Waals surface area contributed by atoms with Gasteiger partial charge in [-0.2, -0.15) is 0 Å². The highest BCUT2D eigenvalue weighted by Gasteiger charge is 2.59. The molecule has 3 fully saturated rings. The van der Waals surface area contributed by atoms with E-state index < -0.39 is 0 Å². The number of hydrogen-bond acceptors (Lipinski definition) is 1. The van der Waals surface area contributed by atoms with Crippen molar-refractivity contribution in [1.82, 2.24) is 0 Å². The van der Waals surface area contributed by atoms with Crippen LogP contribution < -0.4 is 0 Å². The molecule has 3 saturated carbocycles. The van der Waals surface area contributed by atoms with Crippen LogP contribution in [0.2, 0.25) is 0 Å². The summed E-state index contributed by atoms with van der Waals surface area (Å²) in [6.45, 7) is 9.71. The van der Waals surface area contributed by atoms with Crippen molar-refractivity contribution in [2.75, 3.05) is 7.11 Å². The molecular formula is C19H36O. The van der Waals surface area contributed by atoms with Crippen LogP contribution >= 0.6 is 0 Å². The van der Waals surface area contributed by atoms with E-state index in [2.05, 4.69) is 27.7 Å². The lowest BCUT2D eigenvalue weighted by molar-refractivity contribution is -0.188. The predicted molar refractivity (Wildman–Crippen MR) is 86.9 cm³/mol. The van der Waals surface area contributed by atoms with Crippen LogP contribution in [0.4, 0.5) is 0 Å². The van der Waals surface area contributed by atoms with Crippen LogP contribution in [0.3, 0.4) is 0 Å². The SMILES string of the molecule is CCCCC(CCC)C12CCC(C)(CC1C)CC2OC. The summed E-state index contributed by atoms with van der Waals surface area (Å²) in [6.07, 6.45) is 13.0. The van der Waals surface area contributed by atoms with E-state index >= 15 is 0 Å². The summed E-state index contributed by atoms with van der Waals surface area (Å²) in [5.74, 6) is 1.73. The molecule has 5 unspecified atom stereocenters. The maximum absolute atomic E-state index is 6.07. The number of fused-ring (bicyclic) bond motifs is 3. The summed E-state index contributed by atoms with van der Waals surface area (Å²) in [4.78, 5) is 0. The van der Waals surface area contributed by atoms with E-state index in [1.165, 1.54) is 57.8 Å². The van der Waals surface area contributed by atoms with Gasteiger partial charge < -0.3 is 4.74 Å². The highest BCUT2D eigenvalue weighted by atomic mass is 16.5. The van der Waals surface area contributed by atoms with Crippen LogP contribution in [0.1, 0.15) is 85.5 Å². The molecule has 2 bridgehead atoms. The first-order valence-electron chi connectivity index (χ1n) is 9.05. The van der Waals surface area contributed by atoms with E-state index in [1.54, 1.807) is 0 Å². The van der Waals surface area contributed by atoms with Crippen LogP contribution in [0.5, 0.6) is 0 Å². The van der Waals surface area contributed by atoms with Crippen molar-refractivity contribution >= 4 is 0 Å². The lowest BCUT2D eigenvalue weighted by atomic mass is 9.44. The Bertz CT molecular complexity index is 313. The monoisotopic (exact) mass is 280 g/mol. The molecule has 0 aliphatic heterocycles. The van der Waals surface area contributed by atoms with E-state index in [0.717, 1.165) is 11.8 Å². The Morgan fingerprint density at radius 3 is 2.40 bits per heavy atom. The minimum Gasteiger partial charge on any atom is -0.381 e. The lowest BCUT2D eigenvalue weighted by Gasteiger charge is -2.63. The van der Waals surface area contributed by atoms with Crippen LogP contribution in [0.15, 0.2) is 0 Å². The second-order valence-electron chi connectivity index (χ2n) is 8.08. The van der Waals surface area contributed by atoms with Gasteiger partial charge in [0.25, 0.3) is 0 Å². The molecule has 0 amide bonds. The minimum absolute atomic E-state index is 0.484. The van der Waals surface area contributed by atoms with E-state index in [1.807, 2.05) is 7.11 Å². The first-order chi connectivity index (χ1) is 9.52. The first-order valence-corrected chi connectivity index (χ1v) is 9.05. The third-order valence-electron chi connectivity index (χ3n) is 6.74. The zero-order valence-electron chi connectivity index (χ0n) is 14.5. The molecule has 1 nitrogen and oxygen atoms in total. The molecule has 0 aromatic carbocycles. The molecule has 3 aliphatic carbocycles. The Balaban J connectivity index is 2.26. The van der Waals surface area contributed by atoms with Gasteiger partial charge in [-0.05, 0) is 49.4 Å². The summed E-state index contributed by atoms with van der Waals surface area (Å²) >= 11 is 0. The molecule has 1 heteroatoms. The van der Waals surface area contributed by atoms with Gasteiger partial charge in [0.15, 0.2) is 0 Å². The van der Waals surface area contributed by atoms with Gasteiger partial charge in [-0.25, -0.2) is 0 Å². The highest BCUT2D eigenvalue weighted by molar-refractivity contribution is 5.08. The molecule has 0 saturated heterocycles. The molecule has 0 aromatic heterocycles. The summed E-state index contributed by atoms with van der Waals surface area (Å²) < 4.78 is 6.07. The molecule has 20 heavy (non-hydrogen) atoms. The molecule has 118 valence electrons. The van der Waals surface area contributed by atoms with Crippen molar-refractivity contribution in [2.45, 2.75) is 91.6 Å². The van der Waals surface area contributed by atoms with E-state index in [0.29, 0.717) is 16.9 Å². The number of rotatable bonds is 7. The molecule has 5 atom stereocenters. The van der Waals surface area contributed by atoms with Crippen molar-refractivity contribution in [2.24, 2.45) is 22.7 Å². The zero-order chi connectivity index (χ0) is 14.8. The maximum atomic E-state index is 6.07. The molecular weight excluding hydrogens is 244 g/mol. The quantitative estimate of drug-likeness (QED) is 0.570. The standard InChI is InChI=1S/C19H36O/c1-6-8-10-16(9-7-2)19-12-11-18(4,13-15(19)3)14-17(19)20-5/h15-17H,6-14H2,1-5H3. The summed E-state index contributed by atoms with van der Waals surface area (Å²) in [5, 5.41) is 0.